The average molecular weight is 201 g/mol. The summed E-state index contributed by atoms with van der Waals surface area (Å²) in [4.78, 5) is 0. The third-order valence-corrected chi connectivity index (χ3v) is 1.82. The number of benzene rings is 1. The maximum Gasteiger partial charge on any atom is 0.101 e. The minimum atomic E-state index is 0.185. The standard InChI is InChI=1S/C11H5ClN2/c12-11-5-4-9(3-1-2-6-13)7-10(11)8-14/h4-5,7H,2H2. The summed E-state index contributed by atoms with van der Waals surface area (Å²) in [6.07, 6.45) is 0.185. The maximum absolute atomic E-state index is 8.68. The van der Waals surface area contributed by atoms with Crippen molar-refractivity contribution in [3.63, 3.8) is 0 Å². The van der Waals surface area contributed by atoms with Gasteiger partial charge in [-0.1, -0.05) is 23.4 Å². The molecule has 0 radical (unpaired) electrons. The molecule has 0 unspecified atom stereocenters. The molecule has 0 amide bonds. The van der Waals surface area contributed by atoms with Crippen molar-refractivity contribution in [2.75, 3.05) is 0 Å². The van der Waals surface area contributed by atoms with Crippen LogP contribution in [-0.4, -0.2) is 0 Å². The van der Waals surface area contributed by atoms with Crippen LogP contribution in [0.3, 0.4) is 0 Å². The zero-order valence-corrected chi connectivity index (χ0v) is 7.97. The Morgan fingerprint density at radius 1 is 1.29 bits per heavy atom. The number of nitrogens with zero attached hydrogens (tertiary/aromatic N) is 2. The molecule has 0 N–H and O–H groups in total. The van der Waals surface area contributed by atoms with Crippen LogP contribution in [0.4, 0.5) is 0 Å². The molecule has 1 rings (SSSR count). The van der Waals surface area contributed by atoms with Gasteiger partial charge in [0.25, 0.3) is 0 Å². The molecule has 0 spiro atoms. The Bertz CT molecular complexity index is 481. The highest BCUT2D eigenvalue weighted by atomic mass is 35.5. The van der Waals surface area contributed by atoms with Crippen molar-refractivity contribution in [2.24, 2.45) is 0 Å². The SMILES string of the molecule is N#CCC#Cc1ccc(Cl)c(C#N)c1. The molecule has 0 bridgehead atoms. The second-order valence-electron chi connectivity index (χ2n) is 2.44. The van der Waals surface area contributed by atoms with E-state index < -0.39 is 0 Å². The van der Waals surface area contributed by atoms with Crippen molar-refractivity contribution in [1.29, 1.82) is 10.5 Å². The Hall–Kier alpha value is -1.95. The summed E-state index contributed by atoms with van der Waals surface area (Å²) < 4.78 is 0. The fraction of sp³-hybridized carbons (Fsp3) is 0.0909. The molecular weight excluding hydrogens is 196 g/mol. The molecule has 0 saturated heterocycles. The highest BCUT2D eigenvalue weighted by Crippen LogP contribution is 2.15. The Kier molecular flexibility index (Phi) is 3.57. The third kappa shape index (κ3) is 2.53. The van der Waals surface area contributed by atoms with Gasteiger partial charge in [0.1, 0.15) is 6.07 Å². The summed E-state index contributed by atoms with van der Waals surface area (Å²) in [6, 6.07) is 8.82. The van der Waals surface area contributed by atoms with Gasteiger partial charge in [0.05, 0.1) is 23.1 Å². The normalized spacial score (nSPS) is 7.93. The fourth-order valence-corrected chi connectivity index (χ4v) is 1.03. The van der Waals surface area contributed by atoms with Gasteiger partial charge in [-0.3, -0.25) is 0 Å². The fourth-order valence-electron chi connectivity index (χ4n) is 0.874. The summed E-state index contributed by atoms with van der Waals surface area (Å²) in [7, 11) is 0. The second kappa shape index (κ2) is 4.93. The topological polar surface area (TPSA) is 47.6 Å². The molecule has 0 aromatic heterocycles. The zero-order valence-electron chi connectivity index (χ0n) is 7.21. The van der Waals surface area contributed by atoms with Crippen LogP contribution >= 0.6 is 11.6 Å². The van der Waals surface area contributed by atoms with Crippen molar-refractivity contribution in [3.8, 4) is 24.0 Å². The molecule has 14 heavy (non-hydrogen) atoms. The third-order valence-electron chi connectivity index (χ3n) is 1.49. The highest BCUT2D eigenvalue weighted by molar-refractivity contribution is 6.31. The first-order valence-electron chi connectivity index (χ1n) is 3.83. The molecule has 0 saturated carbocycles. The number of rotatable bonds is 0. The molecule has 0 aliphatic carbocycles. The van der Waals surface area contributed by atoms with Gasteiger partial charge in [0, 0.05) is 5.56 Å². The summed E-state index contributed by atoms with van der Waals surface area (Å²) in [5.74, 6) is 5.42. The van der Waals surface area contributed by atoms with Crippen LogP contribution < -0.4 is 0 Å². The van der Waals surface area contributed by atoms with Crippen LogP contribution in [0, 0.1) is 34.5 Å². The van der Waals surface area contributed by atoms with E-state index in [1.54, 1.807) is 18.2 Å². The van der Waals surface area contributed by atoms with E-state index >= 15 is 0 Å². The van der Waals surface area contributed by atoms with Crippen LogP contribution in [0.15, 0.2) is 18.2 Å². The number of nitriles is 2. The predicted molar refractivity (Wildman–Crippen MR) is 53.3 cm³/mol. The predicted octanol–water partition coefficient (Wildman–Crippen LogP) is 2.48. The van der Waals surface area contributed by atoms with Crippen molar-refractivity contribution in [2.45, 2.75) is 6.42 Å². The van der Waals surface area contributed by atoms with Crippen LogP contribution in [-0.2, 0) is 0 Å². The van der Waals surface area contributed by atoms with Crippen LogP contribution in [0.2, 0.25) is 5.02 Å². The zero-order chi connectivity index (χ0) is 10.4. The minimum absolute atomic E-state index is 0.185. The van der Waals surface area contributed by atoms with Crippen molar-refractivity contribution < 1.29 is 0 Å². The van der Waals surface area contributed by atoms with Gasteiger partial charge >= 0.3 is 0 Å². The number of hydrogen-bond acceptors (Lipinski definition) is 2. The monoisotopic (exact) mass is 200 g/mol. The quantitative estimate of drug-likeness (QED) is 0.604. The lowest BCUT2D eigenvalue weighted by atomic mass is 10.1. The largest absolute Gasteiger partial charge is 0.197 e. The smallest absolute Gasteiger partial charge is 0.101 e. The summed E-state index contributed by atoms with van der Waals surface area (Å²) in [6.45, 7) is 0. The van der Waals surface area contributed by atoms with E-state index in [9.17, 15) is 0 Å². The Morgan fingerprint density at radius 2 is 2.07 bits per heavy atom. The highest BCUT2D eigenvalue weighted by Gasteiger charge is 1.98. The number of halogens is 1. The van der Waals surface area contributed by atoms with Gasteiger partial charge in [-0.05, 0) is 18.2 Å². The lowest BCUT2D eigenvalue weighted by Crippen LogP contribution is -1.80. The van der Waals surface area contributed by atoms with Gasteiger partial charge in [0.2, 0.25) is 0 Å². The van der Waals surface area contributed by atoms with E-state index in [-0.39, 0.29) is 6.42 Å². The van der Waals surface area contributed by atoms with Gasteiger partial charge in [-0.25, -0.2) is 0 Å². The van der Waals surface area contributed by atoms with Crippen molar-refractivity contribution in [3.05, 3.63) is 34.3 Å². The van der Waals surface area contributed by atoms with Crippen LogP contribution in [0.25, 0.3) is 0 Å². The van der Waals surface area contributed by atoms with Gasteiger partial charge < -0.3 is 0 Å². The molecule has 0 atom stereocenters. The lowest BCUT2D eigenvalue weighted by molar-refractivity contribution is 1.39. The molecule has 3 heteroatoms. The first kappa shape index (κ1) is 10.1. The molecule has 2 nitrogen and oxygen atoms in total. The molecule has 0 heterocycles. The van der Waals surface area contributed by atoms with E-state index in [1.807, 2.05) is 12.1 Å². The molecule has 0 aliphatic heterocycles. The molecule has 1 aromatic rings. The lowest BCUT2D eigenvalue weighted by Gasteiger charge is -1.94. The maximum atomic E-state index is 8.68. The molecule has 66 valence electrons. The first-order valence-corrected chi connectivity index (χ1v) is 4.21. The van der Waals surface area contributed by atoms with E-state index in [0.29, 0.717) is 16.1 Å². The van der Waals surface area contributed by atoms with Gasteiger partial charge in [-0.2, -0.15) is 10.5 Å². The summed E-state index contributed by atoms with van der Waals surface area (Å²) in [5, 5.41) is 17.4. The number of hydrogen-bond donors (Lipinski definition) is 0. The van der Waals surface area contributed by atoms with E-state index in [2.05, 4.69) is 11.8 Å². The van der Waals surface area contributed by atoms with Crippen molar-refractivity contribution >= 4 is 11.6 Å². The Labute approximate surface area is 87.3 Å². The van der Waals surface area contributed by atoms with Gasteiger partial charge in [0.15, 0.2) is 0 Å². The summed E-state index contributed by atoms with van der Waals surface area (Å²) >= 11 is 5.73. The van der Waals surface area contributed by atoms with Crippen LogP contribution in [0.5, 0.6) is 0 Å². The second-order valence-corrected chi connectivity index (χ2v) is 2.85. The van der Waals surface area contributed by atoms with E-state index in [1.165, 1.54) is 0 Å². The average Bonchev–Trinajstić information content (AvgIpc) is 2.21. The van der Waals surface area contributed by atoms with Crippen LogP contribution in [0.1, 0.15) is 17.5 Å². The molecule has 0 aliphatic rings. The van der Waals surface area contributed by atoms with Gasteiger partial charge in [-0.15, -0.1) is 0 Å². The van der Waals surface area contributed by atoms with Crippen molar-refractivity contribution in [1.82, 2.24) is 0 Å². The minimum Gasteiger partial charge on any atom is -0.197 e. The van der Waals surface area contributed by atoms with E-state index in [0.717, 1.165) is 0 Å². The Morgan fingerprint density at radius 3 is 2.71 bits per heavy atom. The van der Waals surface area contributed by atoms with E-state index in [4.69, 9.17) is 22.1 Å². The Balaban J connectivity index is 3.00. The molecule has 0 fully saturated rings. The first-order chi connectivity index (χ1) is 6.77. The molecular formula is C11H5ClN2. The summed E-state index contributed by atoms with van der Waals surface area (Å²) in [5.41, 5.74) is 1.09. The molecule has 1 aromatic carbocycles.